The number of unbranched alkanes of at least 4 members (excludes halogenated alkanes) is 2. The standard InChI is InChI=1S/C10H19NO4.ClH/c1-2-3-4-7-15-10(14)8(11)5-6-9(12)13;/h8H,2-7,11H2,1H3,(H,12,13);1H. The molecule has 1 atom stereocenters. The van der Waals surface area contributed by atoms with Crippen molar-refractivity contribution < 1.29 is 19.4 Å². The fourth-order valence-electron chi connectivity index (χ4n) is 1.03. The van der Waals surface area contributed by atoms with E-state index in [0.717, 1.165) is 19.3 Å². The van der Waals surface area contributed by atoms with Crippen molar-refractivity contribution in [2.75, 3.05) is 6.61 Å². The summed E-state index contributed by atoms with van der Waals surface area (Å²) in [6.45, 7) is 2.42. The van der Waals surface area contributed by atoms with Gasteiger partial charge in [0.05, 0.1) is 6.61 Å². The second kappa shape index (κ2) is 10.7. The molecular weight excluding hydrogens is 234 g/mol. The van der Waals surface area contributed by atoms with E-state index in [4.69, 9.17) is 15.6 Å². The van der Waals surface area contributed by atoms with Gasteiger partial charge in [0.25, 0.3) is 0 Å². The predicted octanol–water partition coefficient (Wildman–Crippen LogP) is 1.33. The van der Waals surface area contributed by atoms with E-state index in [0.29, 0.717) is 6.61 Å². The highest BCUT2D eigenvalue weighted by Gasteiger charge is 2.15. The zero-order valence-electron chi connectivity index (χ0n) is 9.48. The lowest BCUT2D eigenvalue weighted by atomic mass is 10.2. The lowest BCUT2D eigenvalue weighted by Crippen LogP contribution is -2.33. The van der Waals surface area contributed by atoms with E-state index in [1.54, 1.807) is 0 Å². The predicted molar refractivity (Wildman–Crippen MR) is 62.6 cm³/mol. The maximum atomic E-state index is 11.2. The average Bonchev–Trinajstić information content (AvgIpc) is 2.20. The van der Waals surface area contributed by atoms with E-state index in [2.05, 4.69) is 6.92 Å². The number of carbonyl (C=O) groups excluding carboxylic acids is 1. The first-order valence-electron chi connectivity index (χ1n) is 5.22. The van der Waals surface area contributed by atoms with Crippen LogP contribution in [0.3, 0.4) is 0 Å². The molecule has 0 spiro atoms. The van der Waals surface area contributed by atoms with Gasteiger partial charge in [0, 0.05) is 6.42 Å². The molecule has 0 aliphatic heterocycles. The van der Waals surface area contributed by atoms with Gasteiger partial charge in [-0.05, 0) is 12.8 Å². The molecule has 1 unspecified atom stereocenters. The van der Waals surface area contributed by atoms with Gasteiger partial charge < -0.3 is 15.6 Å². The Kier molecular flexibility index (Phi) is 11.8. The summed E-state index contributed by atoms with van der Waals surface area (Å²) in [5, 5.41) is 8.38. The fourth-order valence-corrected chi connectivity index (χ4v) is 1.03. The van der Waals surface area contributed by atoms with Crippen LogP contribution < -0.4 is 5.73 Å². The van der Waals surface area contributed by atoms with Crippen LogP contribution in [0.1, 0.15) is 39.0 Å². The van der Waals surface area contributed by atoms with Crippen molar-refractivity contribution in [2.24, 2.45) is 5.73 Å². The first kappa shape index (κ1) is 17.6. The third-order valence-corrected chi connectivity index (χ3v) is 1.96. The van der Waals surface area contributed by atoms with Gasteiger partial charge in [-0.15, -0.1) is 12.4 Å². The lowest BCUT2D eigenvalue weighted by molar-refractivity contribution is -0.145. The number of hydrogen-bond acceptors (Lipinski definition) is 4. The van der Waals surface area contributed by atoms with Crippen molar-refractivity contribution in [3.05, 3.63) is 0 Å². The van der Waals surface area contributed by atoms with Gasteiger partial charge >= 0.3 is 11.9 Å². The van der Waals surface area contributed by atoms with E-state index < -0.39 is 18.0 Å². The lowest BCUT2D eigenvalue weighted by Gasteiger charge is -2.09. The second-order valence-corrected chi connectivity index (χ2v) is 3.41. The Morgan fingerprint density at radius 2 is 2.00 bits per heavy atom. The van der Waals surface area contributed by atoms with E-state index in [1.807, 2.05) is 0 Å². The number of aliphatic carboxylic acids is 1. The molecule has 0 aromatic heterocycles. The van der Waals surface area contributed by atoms with Crippen LogP contribution in [0.4, 0.5) is 0 Å². The number of carboxylic acids is 1. The van der Waals surface area contributed by atoms with Gasteiger partial charge in [-0.1, -0.05) is 19.8 Å². The van der Waals surface area contributed by atoms with E-state index in [-0.39, 0.29) is 25.2 Å². The summed E-state index contributed by atoms with van der Waals surface area (Å²) in [6, 6.07) is -0.817. The van der Waals surface area contributed by atoms with Crippen LogP contribution in [0, 0.1) is 0 Å². The fraction of sp³-hybridized carbons (Fsp3) is 0.800. The summed E-state index contributed by atoms with van der Waals surface area (Å²) in [7, 11) is 0. The molecule has 0 fully saturated rings. The number of halogens is 1. The minimum Gasteiger partial charge on any atom is -0.481 e. The van der Waals surface area contributed by atoms with Crippen LogP contribution in [0.5, 0.6) is 0 Å². The Morgan fingerprint density at radius 3 is 2.50 bits per heavy atom. The van der Waals surface area contributed by atoms with Gasteiger partial charge in [0.15, 0.2) is 0 Å². The number of hydrogen-bond donors (Lipinski definition) is 2. The normalized spacial score (nSPS) is 11.4. The molecule has 96 valence electrons. The molecule has 0 rings (SSSR count). The van der Waals surface area contributed by atoms with Gasteiger partial charge in [-0.2, -0.15) is 0 Å². The zero-order valence-corrected chi connectivity index (χ0v) is 10.3. The first-order chi connectivity index (χ1) is 7.07. The second-order valence-electron chi connectivity index (χ2n) is 3.41. The molecule has 0 heterocycles. The number of ether oxygens (including phenoxy) is 1. The van der Waals surface area contributed by atoms with Crippen molar-refractivity contribution in [1.82, 2.24) is 0 Å². The number of esters is 1. The number of carbonyl (C=O) groups is 2. The van der Waals surface area contributed by atoms with Crippen LogP contribution in [0.25, 0.3) is 0 Å². The zero-order chi connectivity index (χ0) is 11.7. The molecule has 0 aromatic rings. The molecule has 0 aliphatic carbocycles. The van der Waals surface area contributed by atoms with E-state index in [9.17, 15) is 9.59 Å². The molecule has 0 aromatic carbocycles. The number of nitrogens with two attached hydrogens (primary N) is 1. The summed E-state index contributed by atoms with van der Waals surface area (Å²) in [6.07, 6.45) is 2.92. The first-order valence-corrected chi connectivity index (χ1v) is 5.22. The third-order valence-electron chi connectivity index (χ3n) is 1.96. The van der Waals surface area contributed by atoms with Gasteiger partial charge in [-0.25, -0.2) is 0 Å². The third kappa shape index (κ3) is 9.73. The molecular formula is C10H20ClNO4. The van der Waals surface area contributed by atoms with E-state index in [1.165, 1.54) is 0 Å². The molecule has 5 nitrogen and oxygen atoms in total. The summed E-state index contributed by atoms with van der Waals surface area (Å²) < 4.78 is 4.88. The molecule has 0 amide bonds. The summed E-state index contributed by atoms with van der Waals surface area (Å²) in [5.74, 6) is -1.46. The molecule has 3 N–H and O–H groups in total. The molecule has 6 heteroatoms. The molecule has 0 saturated carbocycles. The van der Waals surface area contributed by atoms with Crippen molar-refractivity contribution in [3.63, 3.8) is 0 Å². The number of carboxylic acid groups (broad SMARTS) is 1. The minimum absolute atomic E-state index is 0. The summed E-state index contributed by atoms with van der Waals surface area (Å²) >= 11 is 0. The van der Waals surface area contributed by atoms with Crippen molar-refractivity contribution in [3.8, 4) is 0 Å². The van der Waals surface area contributed by atoms with Crippen LogP contribution >= 0.6 is 12.4 Å². The average molecular weight is 254 g/mol. The quantitative estimate of drug-likeness (QED) is 0.503. The van der Waals surface area contributed by atoms with E-state index >= 15 is 0 Å². The van der Waals surface area contributed by atoms with Gasteiger partial charge in [-0.3, -0.25) is 9.59 Å². The SMILES string of the molecule is CCCCCOC(=O)C(N)CCC(=O)O.Cl. The highest BCUT2D eigenvalue weighted by molar-refractivity contribution is 5.85. The Bertz CT molecular complexity index is 211. The Morgan fingerprint density at radius 1 is 1.38 bits per heavy atom. The Balaban J connectivity index is 0. The van der Waals surface area contributed by atoms with Crippen molar-refractivity contribution in [2.45, 2.75) is 45.1 Å². The summed E-state index contributed by atoms with van der Waals surface area (Å²) in [4.78, 5) is 21.4. The molecule has 0 radical (unpaired) electrons. The monoisotopic (exact) mass is 253 g/mol. The Labute approximate surface area is 102 Å². The van der Waals surface area contributed by atoms with Crippen molar-refractivity contribution in [1.29, 1.82) is 0 Å². The smallest absolute Gasteiger partial charge is 0.322 e. The van der Waals surface area contributed by atoms with Gasteiger partial charge in [0.1, 0.15) is 6.04 Å². The molecule has 0 aliphatic rings. The minimum atomic E-state index is -0.954. The molecule has 0 saturated heterocycles. The van der Waals surface area contributed by atoms with Crippen LogP contribution in [0.2, 0.25) is 0 Å². The topological polar surface area (TPSA) is 89.6 Å². The molecule has 0 bridgehead atoms. The van der Waals surface area contributed by atoms with Crippen LogP contribution in [-0.2, 0) is 14.3 Å². The van der Waals surface area contributed by atoms with Crippen molar-refractivity contribution >= 4 is 24.3 Å². The van der Waals surface area contributed by atoms with Gasteiger partial charge in [0.2, 0.25) is 0 Å². The molecule has 16 heavy (non-hydrogen) atoms. The van der Waals surface area contributed by atoms with Crippen LogP contribution in [-0.4, -0.2) is 29.7 Å². The largest absolute Gasteiger partial charge is 0.481 e. The highest BCUT2D eigenvalue weighted by atomic mass is 35.5. The maximum Gasteiger partial charge on any atom is 0.322 e. The highest BCUT2D eigenvalue weighted by Crippen LogP contribution is 1.99. The summed E-state index contributed by atoms with van der Waals surface area (Å²) in [5.41, 5.74) is 5.44. The number of rotatable bonds is 8. The van der Waals surface area contributed by atoms with Crippen LogP contribution in [0.15, 0.2) is 0 Å². The Hall–Kier alpha value is -0.810. The maximum absolute atomic E-state index is 11.2.